The van der Waals surface area contributed by atoms with Crippen LogP contribution in [0.2, 0.25) is 0 Å². The van der Waals surface area contributed by atoms with Gasteiger partial charge in [0.15, 0.2) is 0 Å². The maximum atomic E-state index is 12.8. The van der Waals surface area contributed by atoms with Crippen molar-refractivity contribution < 1.29 is 14.3 Å². The number of thiazole rings is 1. The van der Waals surface area contributed by atoms with E-state index in [2.05, 4.69) is 40.0 Å². The SMILES string of the molecule is Cc1nc(C)c(C(=O)N2CCC(Oc3cccc4c3ccn4C3CCOC3)CC2)s1. The zero-order valence-electron chi connectivity index (χ0n) is 17.5. The van der Waals surface area contributed by atoms with E-state index in [0.29, 0.717) is 6.04 Å². The lowest BCUT2D eigenvalue weighted by molar-refractivity contribution is 0.0601. The first kappa shape index (κ1) is 19.6. The second kappa shape index (κ2) is 8.04. The van der Waals surface area contributed by atoms with Crippen LogP contribution in [0.1, 0.15) is 45.7 Å². The first-order valence-corrected chi connectivity index (χ1v) is 11.5. The third-order valence-electron chi connectivity index (χ3n) is 6.14. The maximum absolute atomic E-state index is 12.8. The normalized spacial score (nSPS) is 20.2. The molecule has 2 fully saturated rings. The Balaban J connectivity index is 1.26. The molecule has 5 rings (SSSR count). The molecule has 1 unspecified atom stereocenters. The van der Waals surface area contributed by atoms with Gasteiger partial charge in [0.05, 0.1) is 28.9 Å². The van der Waals surface area contributed by atoms with Gasteiger partial charge in [0.2, 0.25) is 0 Å². The Labute approximate surface area is 180 Å². The van der Waals surface area contributed by atoms with Crippen LogP contribution in [0.15, 0.2) is 30.5 Å². The standard InChI is InChI=1S/C23H27N3O3S/c1-15-22(30-16(2)24-15)23(27)25-10-6-18(7-11-25)29-21-5-3-4-20-19(21)8-12-26(20)17-9-13-28-14-17/h3-5,8,12,17-18H,6-7,9-11,13-14H2,1-2H3. The van der Waals surface area contributed by atoms with Gasteiger partial charge in [0.1, 0.15) is 16.7 Å². The number of fused-ring (bicyclic) bond motifs is 1. The lowest BCUT2D eigenvalue weighted by Gasteiger charge is -2.32. The van der Waals surface area contributed by atoms with Gasteiger partial charge in [-0.3, -0.25) is 4.79 Å². The van der Waals surface area contributed by atoms with Crippen molar-refractivity contribution in [3.05, 3.63) is 46.0 Å². The lowest BCUT2D eigenvalue weighted by atomic mass is 10.1. The van der Waals surface area contributed by atoms with Crippen LogP contribution in [-0.4, -0.2) is 52.8 Å². The Bertz CT molecular complexity index is 1060. The molecule has 3 aromatic rings. The van der Waals surface area contributed by atoms with Crippen LogP contribution in [0, 0.1) is 13.8 Å². The van der Waals surface area contributed by atoms with Crippen molar-refractivity contribution in [2.75, 3.05) is 26.3 Å². The van der Waals surface area contributed by atoms with Gasteiger partial charge < -0.3 is 18.9 Å². The summed E-state index contributed by atoms with van der Waals surface area (Å²) in [5, 5.41) is 2.09. The third kappa shape index (κ3) is 3.61. The molecule has 158 valence electrons. The highest BCUT2D eigenvalue weighted by atomic mass is 32.1. The van der Waals surface area contributed by atoms with Gasteiger partial charge in [0.25, 0.3) is 5.91 Å². The average Bonchev–Trinajstić information content (AvgIpc) is 3.48. The monoisotopic (exact) mass is 425 g/mol. The number of benzene rings is 1. The molecule has 2 aliphatic rings. The number of aryl methyl sites for hydroxylation is 2. The molecule has 6 nitrogen and oxygen atoms in total. The smallest absolute Gasteiger partial charge is 0.265 e. The summed E-state index contributed by atoms with van der Waals surface area (Å²) in [4.78, 5) is 20.0. The Morgan fingerprint density at radius 1 is 1.20 bits per heavy atom. The largest absolute Gasteiger partial charge is 0.490 e. The fraction of sp³-hybridized carbons (Fsp3) is 0.478. The highest BCUT2D eigenvalue weighted by Crippen LogP contribution is 2.33. The molecular formula is C23H27N3O3S. The number of likely N-dealkylation sites (tertiary alicyclic amines) is 1. The molecule has 30 heavy (non-hydrogen) atoms. The first-order valence-electron chi connectivity index (χ1n) is 10.7. The molecule has 0 radical (unpaired) electrons. The molecule has 1 aromatic carbocycles. The summed E-state index contributed by atoms with van der Waals surface area (Å²) in [5.74, 6) is 1.04. The van der Waals surface area contributed by atoms with Gasteiger partial charge in [-0.1, -0.05) is 6.07 Å². The van der Waals surface area contributed by atoms with Crippen molar-refractivity contribution in [1.29, 1.82) is 0 Å². The molecular weight excluding hydrogens is 398 g/mol. The van der Waals surface area contributed by atoms with Crippen molar-refractivity contribution in [3.63, 3.8) is 0 Å². The quantitative estimate of drug-likeness (QED) is 0.623. The Morgan fingerprint density at radius 3 is 2.73 bits per heavy atom. The minimum atomic E-state index is 0.106. The summed E-state index contributed by atoms with van der Waals surface area (Å²) >= 11 is 1.49. The van der Waals surface area contributed by atoms with Gasteiger partial charge in [-0.25, -0.2) is 4.98 Å². The van der Waals surface area contributed by atoms with Crippen LogP contribution in [0.5, 0.6) is 5.75 Å². The van der Waals surface area contributed by atoms with Crippen LogP contribution >= 0.6 is 11.3 Å². The Kier molecular flexibility index (Phi) is 5.25. The summed E-state index contributed by atoms with van der Waals surface area (Å²) in [5.41, 5.74) is 2.04. The predicted octanol–water partition coefficient (Wildman–Crippen LogP) is 4.36. The minimum Gasteiger partial charge on any atom is -0.490 e. The van der Waals surface area contributed by atoms with E-state index in [-0.39, 0.29) is 12.0 Å². The molecule has 4 heterocycles. The van der Waals surface area contributed by atoms with Crippen LogP contribution in [0.25, 0.3) is 10.9 Å². The average molecular weight is 426 g/mol. The molecule has 0 aliphatic carbocycles. The number of rotatable bonds is 4. The van der Waals surface area contributed by atoms with E-state index in [1.54, 1.807) is 0 Å². The number of carbonyl (C=O) groups is 1. The topological polar surface area (TPSA) is 56.6 Å². The fourth-order valence-electron chi connectivity index (χ4n) is 4.55. The number of carbonyl (C=O) groups excluding carboxylic acids is 1. The number of aromatic nitrogens is 2. The van der Waals surface area contributed by atoms with E-state index in [9.17, 15) is 4.79 Å². The third-order valence-corrected chi connectivity index (χ3v) is 7.20. The molecule has 0 bridgehead atoms. The summed E-state index contributed by atoms with van der Waals surface area (Å²) in [6.45, 7) is 6.91. The van der Waals surface area contributed by atoms with E-state index in [1.165, 1.54) is 16.9 Å². The highest BCUT2D eigenvalue weighted by Gasteiger charge is 2.27. The number of piperidine rings is 1. The van der Waals surface area contributed by atoms with Gasteiger partial charge in [-0.05, 0) is 38.5 Å². The molecule has 1 amide bonds. The van der Waals surface area contributed by atoms with E-state index in [0.717, 1.165) is 72.3 Å². The summed E-state index contributed by atoms with van der Waals surface area (Å²) in [6.07, 6.45) is 5.02. The van der Waals surface area contributed by atoms with Crippen LogP contribution in [0.3, 0.4) is 0 Å². The highest BCUT2D eigenvalue weighted by molar-refractivity contribution is 7.13. The predicted molar refractivity (Wildman–Crippen MR) is 118 cm³/mol. The zero-order chi connectivity index (χ0) is 20.7. The molecule has 2 aliphatic heterocycles. The summed E-state index contributed by atoms with van der Waals surface area (Å²) < 4.78 is 14.3. The molecule has 7 heteroatoms. The number of ether oxygens (including phenoxy) is 2. The number of amides is 1. The van der Waals surface area contributed by atoms with E-state index in [1.807, 2.05) is 18.7 Å². The van der Waals surface area contributed by atoms with E-state index < -0.39 is 0 Å². The van der Waals surface area contributed by atoms with Crippen LogP contribution in [-0.2, 0) is 4.74 Å². The lowest BCUT2D eigenvalue weighted by Crippen LogP contribution is -2.41. The zero-order valence-corrected chi connectivity index (χ0v) is 18.3. The van der Waals surface area contributed by atoms with Gasteiger partial charge >= 0.3 is 0 Å². The molecule has 2 saturated heterocycles. The molecule has 0 spiro atoms. The van der Waals surface area contributed by atoms with Gasteiger partial charge in [0, 0.05) is 44.1 Å². The number of nitrogens with zero attached hydrogens (tertiary/aromatic N) is 3. The van der Waals surface area contributed by atoms with Crippen molar-refractivity contribution in [1.82, 2.24) is 14.5 Å². The van der Waals surface area contributed by atoms with Gasteiger partial charge in [-0.2, -0.15) is 0 Å². The summed E-state index contributed by atoms with van der Waals surface area (Å²) in [6, 6.07) is 8.83. The molecule has 0 N–H and O–H groups in total. The molecule has 0 saturated carbocycles. The minimum absolute atomic E-state index is 0.106. The number of hydrogen-bond acceptors (Lipinski definition) is 5. The summed E-state index contributed by atoms with van der Waals surface area (Å²) in [7, 11) is 0. The van der Waals surface area contributed by atoms with E-state index in [4.69, 9.17) is 9.47 Å². The van der Waals surface area contributed by atoms with Gasteiger partial charge in [-0.15, -0.1) is 11.3 Å². The second-order valence-electron chi connectivity index (χ2n) is 8.19. The Hall–Kier alpha value is -2.38. The van der Waals surface area contributed by atoms with Crippen LogP contribution < -0.4 is 4.74 Å². The maximum Gasteiger partial charge on any atom is 0.265 e. The van der Waals surface area contributed by atoms with E-state index >= 15 is 0 Å². The van der Waals surface area contributed by atoms with Crippen molar-refractivity contribution in [3.8, 4) is 5.75 Å². The van der Waals surface area contributed by atoms with Crippen molar-refractivity contribution in [2.45, 2.75) is 45.3 Å². The fourth-order valence-corrected chi connectivity index (χ4v) is 5.44. The molecule has 1 atom stereocenters. The van der Waals surface area contributed by atoms with Crippen LogP contribution in [0.4, 0.5) is 0 Å². The Morgan fingerprint density at radius 2 is 2.03 bits per heavy atom. The second-order valence-corrected chi connectivity index (χ2v) is 9.39. The first-order chi connectivity index (χ1) is 14.6. The molecule has 2 aromatic heterocycles. The number of hydrogen-bond donors (Lipinski definition) is 0. The van der Waals surface area contributed by atoms with Crippen molar-refractivity contribution >= 4 is 28.1 Å². The van der Waals surface area contributed by atoms with Crippen molar-refractivity contribution in [2.24, 2.45) is 0 Å².